The molecule has 1 aromatic carbocycles. The zero-order valence-electron chi connectivity index (χ0n) is 11.1. The SMILES string of the molecule is Cc1cccc(-c2ccnc(N(C)C)c2CN)c1. The molecule has 18 heavy (non-hydrogen) atoms. The van der Waals surface area contributed by atoms with Crippen molar-refractivity contribution in [2.24, 2.45) is 5.73 Å². The van der Waals surface area contributed by atoms with Crippen LogP contribution in [-0.2, 0) is 6.54 Å². The normalized spacial score (nSPS) is 10.4. The maximum absolute atomic E-state index is 5.90. The first-order valence-electron chi connectivity index (χ1n) is 6.06. The topological polar surface area (TPSA) is 42.2 Å². The Hall–Kier alpha value is -1.87. The van der Waals surface area contributed by atoms with Crippen LogP contribution in [0.4, 0.5) is 5.82 Å². The number of nitrogens with zero attached hydrogens (tertiary/aromatic N) is 2. The van der Waals surface area contributed by atoms with E-state index in [0.717, 1.165) is 11.4 Å². The summed E-state index contributed by atoms with van der Waals surface area (Å²) in [6, 6.07) is 10.5. The molecule has 0 aliphatic heterocycles. The predicted octanol–water partition coefficient (Wildman–Crippen LogP) is 2.58. The van der Waals surface area contributed by atoms with Crippen LogP contribution in [0.25, 0.3) is 11.1 Å². The monoisotopic (exact) mass is 241 g/mol. The molecule has 0 spiro atoms. The Balaban J connectivity index is 2.61. The third-order valence-electron chi connectivity index (χ3n) is 2.99. The van der Waals surface area contributed by atoms with Gasteiger partial charge in [0.05, 0.1) is 0 Å². The van der Waals surface area contributed by atoms with Crippen molar-refractivity contribution < 1.29 is 0 Å². The van der Waals surface area contributed by atoms with E-state index in [2.05, 4.69) is 36.2 Å². The van der Waals surface area contributed by atoms with Gasteiger partial charge in [0.15, 0.2) is 0 Å². The molecule has 0 fully saturated rings. The standard InChI is InChI=1S/C15H19N3/c1-11-5-4-6-12(9-11)13-7-8-17-15(18(2)3)14(13)10-16/h4-9H,10,16H2,1-3H3. The van der Waals surface area contributed by atoms with Gasteiger partial charge in [-0.05, 0) is 24.1 Å². The van der Waals surface area contributed by atoms with Crippen LogP contribution in [-0.4, -0.2) is 19.1 Å². The number of aromatic nitrogens is 1. The van der Waals surface area contributed by atoms with Crippen molar-refractivity contribution in [2.75, 3.05) is 19.0 Å². The van der Waals surface area contributed by atoms with E-state index in [1.807, 2.05) is 31.3 Å². The molecule has 1 heterocycles. The zero-order chi connectivity index (χ0) is 13.1. The Morgan fingerprint density at radius 1 is 1.22 bits per heavy atom. The molecule has 3 heteroatoms. The molecule has 0 aliphatic carbocycles. The van der Waals surface area contributed by atoms with Crippen LogP contribution in [0.1, 0.15) is 11.1 Å². The Morgan fingerprint density at radius 3 is 2.61 bits per heavy atom. The second kappa shape index (κ2) is 5.19. The van der Waals surface area contributed by atoms with E-state index in [1.54, 1.807) is 0 Å². The van der Waals surface area contributed by atoms with Gasteiger partial charge in [-0.2, -0.15) is 0 Å². The van der Waals surface area contributed by atoms with Crippen LogP contribution < -0.4 is 10.6 Å². The van der Waals surface area contributed by atoms with Crippen LogP contribution >= 0.6 is 0 Å². The van der Waals surface area contributed by atoms with Gasteiger partial charge in [-0.1, -0.05) is 29.8 Å². The van der Waals surface area contributed by atoms with Gasteiger partial charge in [-0.25, -0.2) is 4.98 Å². The third kappa shape index (κ3) is 2.36. The van der Waals surface area contributed by atoms with Gasteiger partial charge in [-0.3, -0.25) is 0 Å². The average molecular weight is 241 g/mol. The minimum Gasteiger partial charge on any atom is -0.362 e. The lowest BCUT2D eigenvalue weighted by molar-refractivity contribution is 0.988. The highest BCUT2D eigenvalue weighted by Crippen LogP contribution is 2.28. The van der Waals surface area contributed by atoms with E-state index in [4.69, 9.17) is 5.73 Å². The summed E-state index contributed by atoms with van der Waals surface area (Å²) >= 11 is 0. The number of nitrogens with two attached hydrogens (primary N) is 1. The molecule has 0 saturated carbocycles. The number of aryl methyl sites for hydroxylation is 1. The fourth-order valence-electron chi connectivity index (χ4n) is 2.15. The van der Waals surface area contributed by atoms with Crippen molar-refractivity contribution in [1.29, 1.82) is 0 Å². The number of anilines is 1. The summed E-state index contributed by atoms with van der Waals surface area (Å²) in [6.45, 7) is 2.59. The van der Waals surface area contributed by atoms with Gasteiger partial charge in [0, 0.05) is 32.4 Å². The maximum atomic E-state index is 5.90. The summed E-state index contributed by atoms with van der Waals surface area (Å²) in [7, 11) is 3.98. The molecular weight excluding hydrogens is 222 g/mol. The van der Waals surface area contributed by atoms with E-state index < -0.39 is 0 Å². The van der Waals surface area contributed by atoms with E-state index in [0.29, 0.717) is 6.54 Å². The molecule has 2 rings (SSSR count). The quantitative estimate of drug-likeness (QED) is 0.898. The molecule has 0 radical (unpaired) electrons. The van der Waals surface area contributed by atoms with Gasteiger partial charge in [-0.15, -0.1) is 0 Å². The number of benzene rings is 1. The first kappa shape index (κ1) is 12.6. The Labute approximate surface area is 108 Å². The minimum absolute atomic E-state index is 0.491. The van der Waals surface area contributed by atoms with Crippen molar-refractivity contribution in [3.05, 3.63) is 47.7 Å². The van der Waals surface area contributed by atoms with Crippen molar-refractivity contribution >= 4 is 5.82 Å². The summed E-state index contributed by atoms with van der Waals surface area (Å²) < 4.78 is 0. The first-order chi connectivity index (χ1) is 8.63. The molecule has 0 saturated heterocycles. The summed E-state index contributed by atoms with van der Waals surface area (Å²) in [5.74, 6) is 0.941. The van der Waals surface area contributed by atoms with E-state index in [1.165, 1.54) is 16.7 Å². The maximum Gasteiger partial charge on any atom is 0.133 e. The zero-order valence-corrected chi connectivity index (χ0v) is 11.1. The van der Waals surface area contributed by atoms with Crippen molar-refractivity contribution in [3.63, 3.8) is 0 Å². The number of hydrogen-bond donors (Lipinski definition) is 1. The van der Waals surface area contributed by atoms with Gasteiger partial charge >= 0.3 is 0 Å². The molecule has 0 aliphatic rings. The first-order valence-corrected chi connectivity index (χ1v) is 6.06. The highest BCUT2D eigenvalue weighted by atomic mass is 15.1. The predicted molar refractivity (Wildman–Crippen MR) is 76.6 cm³/mol. The van der Waals surface area contributed by atoms with Crippen molar-refractivity contribution in [3.8, 4) is 11.1 Å². The average Bonchev–Trinajstić information content (AvgIpc) is 2.37. The van der Waals surface area contributed by atoms with Gasteiger partial charge < -0.3 is 10.6 Å². The lowest BCUT2D eigenvalue weighted by atomic mass is 9.99. The lowest BCUT2D eigenvalue weighted by Gasteiger charge is -2.18. The molecule has 1 aromatic heterocycles. The second-order valence-electron chi connectivity index (χ2n) is 4.63. The number of hydrogen-bond acceptors (Lipinski definition) is 3. The van der Waals surface area contributed by atoms with Crippen LogP contribution in [0.3, 0.4) is 0 Å². The molecule has 0 unspecified atom stereocenters. The second-order valence-corrected chi connectivity index (χ2v) is 4.63. The number of rotatable bonds is 3. The Bertz CT molecular complexity index is 547. The van der Waals surface area contributed by atoms with Gasteiger partial charge in [0.1, 0.15) is 5.82 Å². The number of pyridine rings is 1. The molecule has 2 aromatic rings. The summed E-state index contributed by atoms with van der Waals surface area (Å²) in [6.07, 6.45) is 1.84. The van der Waals surface area contributed by atoms with Gasteiger partial charge in [0.25, 0.3) is 0 Å². The third-order valence-corrected chi connectivity index (χ3v) is 2.99. The Morgan fingerprint density at radius 2 is 2.00 bits per heavy atom. The van der Waals surface area contributed by atoms with E-state index >= 15 is 0 Å². The highest BCUT2D eigenvalue weighted by Gasteiger charge is 2.11. The minimum atomic E-state index is 0.491. The van der Waals surface area contributed by atoms with Crippen molar-refractivity contribution in [2.45, 2.75) is 13.5 Å². The fourth-order valence-corrected chi connectivity index (χ4v) is 2.15. The molecule has 0 amide bonds. The molecular formula is C15H19N3. The fraction of sp³-hybridized carbons (Fsp3) is 0.267. The Kier molecular flexibility index (Phi) is 3.63. The molecule has 2 N–H and O–H groups in total. The molecule has 0 bridgehead atoms. The summed E-state index contributed by atoms with van der Waals surface area (Å²) in [5, 5.41) is 0. The van der Waals surface area contributed by atoms with Gasteiger partial charge in [0.2, 0.25) is 0 Å². The van der Waals surface area contributed by atoms with E-state index in [-0.39, 0.29) is 0 Å². The molecule has 3 nitrogen and oxygen atoms in total. The van der Waals surface area contributed by atoms with Crippen LogP contribution in [0.2, 0.25) is 0 Å². The van der Waals surface area contributed by atoms with Crippen molar-refractivity contribution in [1.82, 2.24) is 4.98 Å². The molecule has 0 atom stereocenters. The van der Waals surface area contributed by atoms with Crippen LogP contribution in [0.15, 0.2) is 36.5 Å². The van der Waals surface area contributed by atoms with Crippen LogP contribution in [0.5, 0.6) is 0 Å². The summed E-state index contributed by atoms with van der Waals surface area (Å²) in [4.78, 5) is 6.41. The lowest BCUT2D eigenvalue weighted by Crippen LogP contribution is -2.15. The summed E-state index contributed by atoms with van der Waals surface area (Å²) in [5.41, 5.74) is 10.6. The van der Waals surface area contributed by atoms with Crippen LogP contribution in [0, 0.1) is 6.92 Å². The smallest absolute Gasteiger partial charge is 0.133 e. The van der Waals surface area contributed by atoms with E-state index in [9.17, 15) is 0 Å². The largest absolute Gasteiger partial charge is 0.362 e. The molecule has 94 valence electrons. The highest BCUT2D eigenvalue weighted by molar-refractivity contribution is 5.72.